The van der Waals surface area contributed by atoms with Crippen LogP contribution in [0.25, 0.3) is 0 Å². The summed E-state index contributed by atoms with van der Waals surface area (Å²) in [6.45, 7) is 4.68. The Hall–Kier alpha value is -1.59. The molecule has 1 fully saturated rings. The van der Waals surface area contributed by atoms with Crippen molar-refractivity contribution in [2.24, 2.45) is 5.73 Å². The minimum atomic E-state index is -0.392. The third-order valence-corrected chi connectivity index (χ3v) is 4.47. The topological polar surface area (TPSA) is 74.2 Å². The van der Waals surface area contributed by atoms with E-state index in [2.05, 4.69) is 30.1 Å². The molecular weight excluding hydrogens is 314 g/mol. The molecule has 0 radical (unpaired) electrons. The third kappa shape index (κ3) is 4.03. The van der Waals surface area contributed by atoms with E-state index >= 15 is 0 Å². The molecule has 1 aromatic heterocycles. The van der Waals surface area contributed by atoms with E-state index in [1.54, 1.807) is 0 Å². The Labute approximate surface area is 143 Å². The monoisotopic (exact) mass is 337 g/mol. The predicted octanol–water partition coefficient (Wildman–Crippen LogP) is 3.46. The lowest BCUT2D eigenvalue weighted by atomic mass is 9.99. The van der Waals surface area contributed by atoms with Gasteiger partial charge in [-0.25, -0.2) is 0 Å². The largest absolute Gasteiger partial charge is 0.493 e. The van der Waals surface area contributed by atoms with Gasteiger partial charge in [-0.15, -0.1) is 12.4 Å². The van der Waals surface area contributed by atoms with Gasteiger partial charge in [-0.2, -0.15) is 4.98 Å². The fourth-order valence-electron chi connectivity index (χ4n) is 2.85. The van der Waals surface area contributed by atoms with Crippen molar-refractivity contribution in [3.63, 3.8) is 0 Å². The molecule has 23 heavy (non-hydrogen) atoms. The number of rotatable bonds is 5. The van der Waals surface area contributed by atoms with Crippen molar-refractivity contribution in [1.82, 2.24) is 10.1 Å². The van der Waals surface area contributed by atoms with E-state index in [0.717, 1.165) is 31.4 Å². The van der Waals surface area contributed by atoms with Crippen molar-refractivity contribution in [3.8, 4) is 5.75 Å². The van der Waals surface area contributed by atoms with Crippen LogP contribution in [0.15, 0.2) is 22.7 Å². The summed E-state index contributed by atoms with van der Waals surface area (Å²) in [7, 11) is 0. The molecule has 0 saturated heterocycles. The van der Waals surface area contributed by atoms with Crippen LogP contribution >= 0.6 is 12.4 Å². The van der Waals surface area contributed by atoms with Gasteiger partial charge in [-0.3, -0.25) is 0 Å². The van der Waals surface area contributed by atoms with Crippen LogP contribution in [0.2, 0.25) is 0 Å². The molecule has 0 atom stereocenters. The lowest BCUT2D eigenvalue weighted by Gasteiger charge is -2.17. The number of nitrogens with zero attached hydrogens (tertiary/aromatic N) is 2. The van der Waals surface area contributed by atoms with Gasteiger partial charge in [0.05, 0.1) is 18.6 Å². The number of hydrogen-bond acceptors (Lipinski definition) is 5. The second-order valence-corrected chi connectivity index (χ2v) is 6.22. The number of ether oxygens (including phenoxy) is 1. The first-order valence-electron chi connectivity index (χ1n) is 7.89. The van der Waals surface area contributed by atoms with E-state index in [9.17, 15) is 0 Å². The predicted molar refractivity (Wildman–Crippen MR) is 91.0 cm³/mol. The van der Waals surface area contributed by atoms with Crippen LogP contribution < -0.4 is 10.5 Å². The van der Waals surface area contributed by atoms with E-state index in [0.29, 0.717) is 24.7 Å². The molecular formula is C17H24ClN3O2. The van der Waals surface area contributed by atoms with Crippen molar-refractivity contribution in [2.45, 2.75) is 51.5 Å². The molecule has 1 heterocycles. The van der Waals surface area contributed by atoms with E-state index in [-0.39, 0.29) is 12.4 Å². The fourth-order valence-corrected chi connectivity index (χ4v) is 2.85. The normalized spacial score (nSPS) is 16.1. The van der Waals surface area contributed by atoms with Crippen molar-refractivity contribution in [2.75, 3.05) is 6.61 Å². The van der Waals surface area contributed by atoms with Crippen LogP contribution in [0.5, 0.6) is 5.75 Å². The number of aromatic nitrogens is 2. The van der Waals surface area contributed by atoms with Crippen LogP contribution in [0, 0.1) is 13.8 Å². The summed E-state index contributed by atoms with van der Waals surface area (Å²) in [6.07, 6.45) is 4.73. The average molecular weight is 338 g/mol. The van der Waals surface area contributed by atoms with E-state index < -0.39 is 5.54 Å². The summed E-state index contributed by atoms with van der Waals surface area (Å²) in [5.41, 5.74) is 8.42. The van der Waals surface area contributed by atoms with E-state index in [4.69, 9.17) is 15.0 Å². The summed E-state index contributed by atoms with van der Waals surface area (Å²) in [4.78, 5) is 4.44. The van der Waals surface area contributed by atoms with Gasteiger partial charge < -0.3 is 15.0 Å². The molecule has 5 nitrogen and oxygen atoms in total. The quantitative estimate of drug-likeness (QED) is 0.904. The number of hydrogen-bond donors (Lipinski definition) is 1. The zero-order chi connectivity index (χ0) is 15.6. The summed E-state index contributed by atoms with van der Waals surface area (Å²) in [5, 5.41) is 4.05. The molecule has 1 saturated carbocycles. The highest BCUT2D eigenvalue weighted by atomic mass is 35.5. The van der Waals surface area contributed by atoms with Crippen molar-refractivity contribution < 1.29 is 9.26 Å². The molecule has 2 aromatic rings. The summed E-state index contributed by atoms with van der Waals surface area (Å²) in [6, 6.07) is 6.09. The van der Waals surface area contributed by atoms with Gasteiger partial charge in [-0.05, 0) is 49.9 Å². The summed E-state index contributed by atoms with van der Waals surface area (Å²) in [5.74, 6) is 2.11. The molecule has 0 bridgehead atoms. The third-order valence-electron chi connectivity index (χ3n) is 4.47. The zero-order valence-electron chi connectivity index (χ0n) is 13.7. The van der Waals surface area contributed by atoms with Gasteiger partial charge >= 0.3 is 0 Å². The molecule has 3 rings (SSSR count). The Balaban J connectivity index is 0.00000192. The first kappa shape index (κ1) is 17.8. The highest BCUT2D eigenvalue weighted by Gasteiger charge is 2.35. The Bertz CT molecular complexity index is 651. The summed E-state index contributed by atoms with van der Waals surface area (Å²) >= 11 is 0. The highest BCUT2D eigenvalue weighted by molar-refractivity contribution is 5.85. The zero-order valence-corrected chi connectivity index (χ0v) is 14.5. The Kier molecular flexibility index (Phi) is 5.65. The molecule has 6 heteroatoms. The van der Waals surface area contributed by atoms with Crippen molar-refractivity contribution in [1.29, 1.82) is 0 Å². The van der Waals surface area contributed by atoms with Gasteiger partial charge in [0.15, 0.2) is 5.82 Å². The average Bonchev–Trinajstić information content (AvgIpc) is 3.13. The first-order chi connectivity index (χ1) is 10.6. The molecule has 1 aliphatic rings. The van der Waals surface area contributed by atoms with Crippen LogP contribution in [-0.2, 0) is 12.0 Å². The molecule has 1 aliphatic carbocycles. The van der Waals surface area contributed by atoms with Gasteiger partial charge in [0.2, 0.25) is 5.89 Å². The molecule has 126 valence electrons. The first-order valence-corrected chi connectivity index (χ1v) is 7.89. The minimum Gasteiger partial charge on any atom is -0.493 e. The number of aryl methyl sites for hydroxylation is 2. The highest BCUT2D eigenvalue weighted by Crippen LogP contribution is 2.34. The molecule has 0 amide bonds. The maximum absolute atomic E-state index is 6.33. The lowest BCUT2D eigenvalue weighted by Crippen LogP contribution is -2.34. The fraction of sp³-hybridized carbons (Fsp3) is 0.529. The van der Waals surface area contributed by atoms with E-state index in [1.807, 2.05) is 12.1 Å². The Morgan fingerprint density at radius 2 is 1.96 bits per heavy atom. The maximum Gasteiger partial charge on any atom is 0.230 e. The van der Waals surface area contributed by atoms with Crippen LogP contribution in [-0.4, -0.2) is 16.7 Å². The number of benzene rings is 1. The Morgan fingerprint density at radius 1 is 1.22 bits per heavy atom. The Morgan fingerprint density at radius 3 is 2.65 bits per heavy atom. The van der Waals surface area contributed by atoms with Gasteiger partial charge in [0.1, 0.15) is 5.75 Å². The molecule has 0 spiro atoms. The standard InChI is InChI=1S/C17H23N3O2.ClH/c1-12-5-6-14(11-13(12)2)21-10-7-15-19-16(20-22-15)17(18)8-3-4-9-17;/h5-6,11H,3-4,7-10,18H2,1-2H3;1H. The van der Waals surface area contributed by atoms with Crippen LogP contribution in [0.1, 0.15) is 48.5 Å². The second-order valence-electron chi connectivity index (χ2n) is 6.22. The number of halogens is 1. The van der Waals surface area contributed by atoms with Crippen molar-refractivity contribution >= 4 is 12.4 Å². The van der Waals surface area contributed by atoms with Crippen LogP contribution in [0.3, 0.4) is 0 Å². The SMILES string of the molecule is Cc1ccc(OCCc2nc(C3(N)CCCC3)no2)cc1C.Cl. The molecule has 2 N–H and O–H groups in total. The van der Waals surface area contributed by atoms with Gasteiger partial charge in [0.25, 0.3) is 0 Å². The lowest BCUT2D eigenvalue weighted by molar-refractivity contribution is 0.289. The maximum atomic E-state index is 6.33. The smallest absolute Gasteiger partial charge is 0.230 e. The molecule has 0 unspecified atom stereocenters. The number of nitrogens with two attached hydrogens (primary N) is 1. The molecule has 1 aromatic carbocycles. The molecule has 0 aliphatic heterocycles. The minimum absolute atomic E-state index is 0. The summed E-state index contributed by atoms with van der Waals surface area (Å²) < 4.78 is 11.0. The van der Waals surface area contributed by atoms with Crippen molar-refractivity contribution in [3.05, 3.63) is 41.0 Å². The van der Waals surface area contributed by atoms with Gasteiger partial charge in [-0.1, -0.05) is 24.1 Å². The second kappa shape index (κ2) is 7.32. The van der Waals surface area contributed by atoms with E-state index in [1.165, 1.54) is 11.1 Å². The van der Waals surface area contributed by atoms with Gasteiger partial charge in [0, 0.05) is 0 Å². The van der Waals surface area contributed by atoms with Crippen LogP contribution in [0.4, 0.5) is 0 Å².